The lowest BCUT2D eigenvalue weighted by Crippen LogP contribution is -2.03. The normalized spacial score (nSPS) is 12.1. The van der Waals surface area contributed by atoms with Crippen LogP contribution in [0.4, 0.5) is 5.69 Å². The van der Waals surface area contributed by atoms with E-state index in [4.69, 9.17) is 5.11 Å². The first-order valence-corrected chi connectivity index (χ1v) is 4.36. The molecule has 0 aliphatic heterocycles. The first kappa shape index (κ1) is 9.69. The zero-order valence-corrected chi connectivity index (χ0v) is 7.21. The van der Waals surface area contributed by atoms with Crippen LogP contribution in [0.25, 0.3) is 0 Å². The molecule has 70 valence electrons. The number of carboxylic acid groups (broad SMARTS) is 1. The minimum Gasteiger partial charge on any atom is -0.755 e. The van der Waals surface area contributed by atoms with E-state index in [0.29, 0.717) is 0 Å². The van der Waals surface area contributed by atoms with E-state index in [-0.39, 0.29) is 11.3 Å². The first-order chi connectivity index (χ1) is 6.09. The molecule has 1 unspecified atom stereocenters. The highest BCUT2D eigenvalue weighted by atomic mass is 32.2. The standard InChI is InChI=1S/C7H7NO4S/c9-7(10)5-2-1-3-6(4-5)8-13(11)12/h1-4,8H,(H,9,10)(H,11,12)/p-1. The summed E-state index contributed by atoms with van der Waals surface area (Å²) in [6, 6.07) is 5.53. The maximum Gasteiger partial charge on any atom is 0.335 e. The average Bonchev–Trinajstić information content (AvgIpc) is 2.03. The summed E-state index contributed by atoms with van der Waals surface area (Å²) in [5.41, 5.74) is 0.267. The summed E-state index contributed by atoms with van der Waals surface area (Å²) in [4.78, 5) is 10.5. The van der Waals surface area contributed by atoms with Crippen molar-refractivity contribution >= 4 is 22.9 Å². The van der Waals surface area contributed by atoms with Crippen LogP contribution >= 0.6 is 0 Å². The number of carbonyl (C=O) groups is 1. The zero-order valence-electron chi connectivity index (χ0n) is 6.39. The van der Waals surface area contributed by atoms with E-state index in [1.807, 2.05) is 0 Å². The zero-order chi connectivity index (χ0) is 9.84. The van der Waals surface area contributed by atoms with Crippen molar-refractivity contribution in [2.45, 2.75) is 0 Å². The molecule has 5 nitrogen and oxygen atoms in total. The number of nitrogens with one attached hydrogen (secondary N) is 1. The van der Waals surface area contributed by atoms with Gasteiger partial charge in [0.2, 0.25) is 0 Å². The van der Waals surface area contributed by atoms with Crippen molar-refractivity contribution in [1.82, 2.24) is 0 Å². The quantitative estimate of drug-likeness (QED) is 0.699. The fourth-order valence-corrected chi connectivity index (χ4v) is 1.13. The van der Waals surface area contributed by atoms with Crippen LogP contribution in [0.15, 0.2) is 24.3 Å². The van der Waals surface area contributed by atoms with Gasteiger partial charge in [-0.25, -0.2) is 4.79 Å². The first-order valence-electron chi connectivity index (χ1n) is 3.29. The maximum absolute atomic E-state index is 10.5. The molecule has 0 bridgehead atoms. The van der Waals surface area contributed by atoms with Gasteiger partial charge in [0.25, 0.3) is 0 Å². The largest absolute Gasteiger partial charge is 0.755 e. The Bertz CT molecular complexity index is 352. The second-order valence-electron chi connectivity index (χ2n) is 2.22. The van der Waals surface area contributed by atoms with Gasteiger partial charge in [0.1, 0.15) is 0 Å². The van der Waals surface area contributed by atoms with Crippen LogP contribution in [-0.4, -0.2) is 19.8 Å². The van der Waals surface area contributed by atoms with E-state index in [1.165, 1.54) is 24.3 Å². The number of hydrogen-bond acceptors (Lipinski definition) is 3. The fraction of sp³-hybridized carbons (Fsp3) is 0. The van der Waals surface area contributed by atoms with Crippen LogP contribution in [0.5, 0.6) is 0 Å². The Morgan fingerprint density at radius 1 is 1.54 bits per heavy atom. The molecule has 1 atom stereocenters. The van der Waals surface area contributed by atoms with Crippen LogP contribution in [-0.2, 0) is 11.3 Å². The third-order valence-corrected chi connectivity index (χ3v) is 1.71. The molecular weight excluding hydrogens is 194 g/mol. The Kier molecular flexibility index (Phi) is 2.99. The van der Waals surface area contributed by atoms with Gasteiger partial charge in [0.15, 0.2) is 0 Å². The Balaban J connectivity index is 2.91. The second-order valence-corrected chi connectivity index (χ2v) is 2.90. The number of benzene rings is 1. The highest BCUT2D eigenvalue weighted by Gasteiger charge is 2.01. The summed E-state index contributed by atoms with van der Waals surface area (Å²) < 4.78 is 22.4. The van der Waals surface area contributed by atoms with Crippen molar-refractivity contribution in [3.63, 3.8) is 0 Å². The van der Waals surface area contributed by atoms with Crippen molar-refractivity contribution in [3.8, 4) is 0 Å². The molecule has 0 saturated heterocycles. The molecule has 0 aliphatic rings. The lowest BCUT2D eigenvalue weighted by atomic mass is 10.2. The van der Waals surface area contributed by atoms with Gasteiger partial charge in [-0.1, -0.05) is 6.07 Å². The molecule has 0 saturated carbocycles. The smallest absolute Gasteiger partial charge is 0.335 e. The van der Waals surface area contributed by atoms with Gasteiger partial charge in [-0.2, -0.15) is 0 Å². The minimum atomic E-state index is -2.43. The minimum absolute atomic E-state index is 0.0375. The number of aromatic carboxylic acids is 1. The highest BCUT2D eigenvalue weighted by Crippen LogP contribution is 2.10. The molecule has 0 aromatic heterocycles. The Hall–Kier alpha value is -1.40. The topological polar surface area (TPSA) is 89.5 Å². The molecule has 0 aliphatic carbocycles. The number of anilines is 1. The molecular formula is C7H6NO4S-. The highest BCUT2D eigenvalue weighted by molar-refractivity contribution is 7.80. The Morgan fingerprint density at radius 2 is 2.23 bits per heavy atom. The molecule has 0 fully saturated rings. The van der Waals surface area contributed by atoms with Crippen LogP contribution in [0.1, 0.15) is 10.4 Å². The molecule has 0 amide bonds. The third kappa shape index (κ3) is 2.85. The molecule has 0 spiro atoms. The predicted molar refractivity (Wildman–Crippen MR) is 45.9 cm³/mol. The van der Waals surface area contributed by atoms with Gasteiger partial charge in [0, 0.05) is 17.0 Å². The van der Waals surface area contributed by atoms with E-state index < -0.39 is 17.2 Å². The third-order valence-electron chi connectivity index (χ3n) is 1.31. The van der Waals surface area contributed by atoms with E-state index in [9.17, 15) is 13.6 Å². The molecule has 1 rings (SSSR count). The maximum atomic E-state index is 10.5. The van der Waals surface area contributed by atoms with Gasteiger partial charge >= 0.3 is 5.97 Å². The van der Waals surface area contributed by atoms with Crippen LogP contribution in [0.2, 0.25) is 0 Å². The van der Waals surface area contributed by atoms with Gasteiger partial charge in [-0.15, -0.1) is 0 Å². The summed E-state index contributed by atoms with van der Waals surface area (Å²) in [5.74, 6) is -1.10. The van der Waals surface area contributed by atoms with Gasteiger partial charge in [-0.3, -0.25) is 4.21 Å². The van der Waals surface area contributed by atoms with Crippen molar-refractivity contribution in [2.24, 2.45) is 0 Å². The molecule has 0 heterocycles. The second kappa shape index (κ2) is 4.01. The summed E-state index contributed by atoms with van der Waals surface area (Å²) in [6.07, 6.45) is 0. The number of hydrogen-bond donors (Lipinski definition) is 2. The monoisotopic (exact) mass is 200 g/mol. The molecule has 2 N–H and O–H groups in total. The number of rotatable bonds is 3. The summed E-state index contributed by atoms with van der Waals surface area (Å²) >= 11 is -2.43. The Morgan fingerprint density at radius 3 is 2.77 bits per heavy atom. The van der Waals surface area contributed by atoms with Crippen LogP contribution in [0, 0.1) is 0 Å². The molecule has 1 aromatic carbocycles. The molecule has 6 heteroatoms. The SMILES string of the molecule is O=C(O)c1cccc(NS(=O)[O-])c1. The van der Waals surface area contributed by atoms with Gasteiger partial charge in [0.05, 0.1) is 5.56 Å². The lowest BCUT2D eigenvalue weighted by Gasteiger charge is -2.08. The van der Waals surface area contributed by atoms with Crippen molar-refractivity contribution in [1.29, 1.82) is 0 Å². The Labute approximate surface area is 76.8 Å². The van der Waals surface area contributed by atoms with Crippen LogP contribution in [0.3, 0.4) is 0 Å². The van der Waals surface area contributed by atoms with Crippen molar-refractivity contribution < 1.29 is 18.7 Å². The van der Waals surface area contributed by atoms with Crippen LogP contribution < -0.4 is 4.72 Å². The van der Waals surface area contributed by atoms with Gasteiger partial charge < -0.3 is 14.4 Å². The van der Waals surface area contributed by atoms with E-state index in [0.717, 1.165) is 0 Å². The van der Waals surface area contributed by atoms with E-state index in [2.05, 4.69) is 4.72 Å². The number of carboxylic acids is 1. The predicted octanol–water partition coefficient (Wildman–Crippen LogP) is 0.591. The molecule has 13 heavy (non-hydrogen) atoms. The van der Waals surface area contributed by atoms with Crippen molar-refractivity contribution in [2.75, 3.05) is 4.72 Å². The summed E-state index contributed by atoms with van der Waals surface area (Å²) in [7, 11) is 0. The molecule has 0 radical (unpaired) electrons. The average molecular weight is 200 g/mol. The summed E-state index contributed by atoms with van der Waals surface area (Å²) in [6.45, 7) is 0. The summed E-state index contributed by atoms with van der Waals surface area (Å²) in [5, 5.41) is 8.56. The van der Waals surface area contributed by atoms with E-state index in [1.54, 1.807) is 0 Å². The molecule has 1 aromatic rings. The fourth-order valence-electron chi connectivity index (χ4n) is 0.812. The van der Waals surface area contributed by atoms with Crippen molar-refractivity contribution in [3.05, 3.63) is 29.8 Å². The van der Waals surface area contributed by atoms with Gasteiger partial charge in [-0.05, 0) is 18.2 Å². The van der Waals surface area contributed by atoms with E-state index >= 15 is 0 Å². The lowest BCUT2D eigenvalue weighted by molar-refractivity contribution is 0.0697.